The Kier molecular flexibility index (Phi) is 7.43. The summed E-state index contributed by atoms with van der Waals surface area (Å²) in [6.07, 6.45) is 0. The van der Waals surface area contributed by atoms with E-state index in [0.29, 0.717) is 28.6 Å². The van der Waals surface area contributed by atoms with E-state index in [-0.39, 0.29) is 18.4 Å². The van der Waals surface area contributed by atoms with Crippen molar-refractivity contribution in [2.45, 2.75) is 26.4 Å². The molecule has 2 amide bonds. The number of fused-ring (bicyclic) bond motifs is 1. The first-order valence-electron chi connectivity index (χ1n) is 10.2. The number of carbonyl (C=O) groups is 2. The highest BCUT2D eigenvalue weighted by atomic mass is 16.5. The number of hydrogen-bond acceptors (Lipinski definition) is 7. The van der Waals surface area contributed by atoms with Crippen molar-refractivity contribution in [3.05, 3.63) is 54.4 Å². The van der Waals surface area contributed by atoms with Gasteiger partial charge in [0.2, 0.25) is 0 Å². The highest BCUT2D eigenvalue weighted by molar-refractivity contribution is 5.91. The maximum atomic E-state index is 12.3. The van der Waals surface area contributed by atoms with E-state index in [4.69, 9.17) is 9.47 Å². The number of anilines is 2. The lowest BCUT2D eigenvalue weighted by Gasteiger charge is -2.21. The summed E-state index contributed by atoms with van der Waals surface area (Å²) in [4.78, 5) is 33.6. The highest BCUT2D eigenvalue weighted by Crippen LogP contribution is 2.22. The number of benzene rings is 2. The summed E-state index contributed by atoms with van der Waals surface area (Å²) >= 11 is 0. The van der Waals surface area contributed by atoms with E-state index in [1.807, 2.05) is 38.1 Å². The number of esters is 1. The van der Waals surface area contributed by atoms with Crippen molar-refractivity contribution in [3.8, 4) is 5.75 Å². The smallest absolute Gasteiger partial charge is 0.328 e. The average molecular weight is 438 g/mol. The Balaban J connectivity index is 1.76. The summed E-state index contributed by atoms with van der Waals surface area (Å²) in [5.74, 6) is 1.22. The standard InChI is InChI=1S/C23H27N5O4/c1-14(2)20(22(29)32-4)28-21-17-7-5-6-8-18(17)26-19(27-21)13-24-23(30)25-15-9-11-16(31-3)12-10-15/h5-12,14,20H,13H2,1-4H3,(H2,24,25,30)(H,26,27,28)/t20-/m0/s1. The molecule has 0 radical (unpaired) electrons. The fourth-order valence-corrected chi connectivity index (χ4v) is 3.09. The number of aromatic nitrogens is 2. The molecule has 3 aromatic rings. The van der Waals surface area contributed by atoms with Crippen molar-refractivity contribution in [2.75, 3.05) is 24.9 Å². The Morgan fingerprint density at radius 2 is 1.72 bits per heavy atom. The first kappa shape index (κ1) is 22.8. The molecule has 1 heterocycles. The van der Waals surface area contributed by atoms with Gasteiger partial charge in [0.25, 0.3) is 0 Å². The van der Waals surface area contributed by atoms with Crippen molar-refractivity contribution in [1.82, 2.24) is 15.3 Å². The van der Waals surface area contributed by atoms with Gasteiger partial charge in [-0.2, -0.15) is 0 Å². The van der Waals surface area contributed by atoms with E-state index in [0.717, 1.165) is 5.39 Å². The van der Waals surface area contributed by atoms with E-state index in [2.05, 4.69) is 25.9 Å². The van der Waals surface area contributed by atoms with Crippen molar-refractivity contribution in [3.63, 3.8) is 0 Å². The number of para-hydroxylation sites is 1. The van der Waals surface area contributed by atoms with E-state index >= 15 is 0 Å². The van der Waals surface area contributed by atoms with Crippen LogP contribution < -0.4 is 20.7 Å². The molecule has 0 saturated heterocycles. The maximum absolute atomic E-state index is 12.3. The lowest BCUT2D eigenvalue weighted by Crippen LogP contribution is -2.36. The van der Waals surface area contributed by atoms with Crippen LogP contribution in [-0.4, -0.2) is 42.2 Å². The molecule has 9 nitrogen and oxygen atoms in total. The summed E-state index contributed by atoms with van der Waals surface area (Å²) in [6.45, 7) is 3.94. The van der Waals surface area contributed by atoms with Crippen LogP contribution in [0.5, 0.6) is 5.75 Å². The van der Waals surface area contributed by atoms with Gasteiger partial charge in [0.1, 0.15) is 17.6 Å². The first-order valence-corrected chi connectivity index (χ1v) is 10.2. The molecule has 3 N–H and O–H groups in total. The second-order valence-corrected chi connectivity index (χ2v) is 7.43. The topological polar surface area (TPSA) is 114 Å². The zero-order chi connectivity index (χ0) is 23.1. The van der Waals surface area contributed by atoms with Crippen LogP contribution in [0.4, 0.5) is 16.3 Å². The molecule has 3 rings (SSSR count). The van der Waals surface area contributed by atoms with Gasteiger partial charge in [0.15, 0.2) is 5.82 Å². The average Bonchev–Trinajstić information content (AvgIpc) is 2.80. The van der Waals surface area contributed by atoms with Gasteiger partial charge in [-0.3, -0.25) is 0 Å². The molecule has 0 aliphatic heterocycles. The minimum atomic E-state index is -0.572. The second-order valence-electron chi connectivity index (χ2n) is 7.43. The molecule has 0 unspecified atom stereocenters. The van der Waals surface area contributed by atoms with Crippen LogP contribution in [-0.2, 0) is 16.1 Å². The summed E-state index contributed by atoms with van der Waals surface area (Å²) in [6, 6.07) is 13.5. The first-order chi connectivity index (χ1) is 15.4. The van der Waals surface area contributed by atoms with Gasteiger partial charge in [0, 0.05) is 11.1 Å². The summed E-state index contributed by atoms with van der Waals surface area (Å²) in [7, 11) is 2.94. The van der Waals surface area contributed by atoms with Gasteiger partial charge in [-0.1, -0.05) is 26.0 Å². The molecule has 168 valence electrons. The van der Waals surface area contributed by atoms with Crippen LogP contribution in [0, 0.1) is 5.92 Å². The maximum Gasteiger partial charge on any atom is 0.328 e. The zero-order valence-corrected chi connectivity index (χ0v) is 18.5. The number of nitrogens with zero attached hydrogens (tertiary/aromatic N) is 2. The molecule has 1 aromatic heterocycles. The zero-order valence-electron chi connectivity index (χ0n) is 18.5. The summed E-state index contributed by atoms with van der Waals surface area (Å²) < 4.78 is 10.0. The Hall–Kier alpha value is -3.88. The van der Waals surface area contributed by atoms with Gasteiger partial charge < -0.3 is 25.4 Å². The summed E-state index contributed by atoms with van der Waals surface area (Å²) in [5, 5.41) is 9.46. The van der Waals surface area contributed by atoms with Crippen LogP contribution in [0.25, 0.3) is 10.9 Å². The normalized spacial score (nSPS) is 11.7. The molecule has 9 heteroatoms. The van der Waals surface area contributed by atoms with Crippen LogP contribution in [0.1, 0.15) is 19.7 Å². The monoisotopic (exact) mass is 437 g/mol. The van der Waals surface area contributed by atoms with Crippen LogP contribution in [0.15, 0.2) is 48.5 Å². The molecular formula is C23H27N5O4. The molecule has 0 saturated carbocycles. The molecule has 0 spiro atoms. The van der Waals surface area contributed by atoms with Gasteiger partial charge in [0.05, 0.1) is 26.3 Å². The molecule has 0 bridgehead atoms. The van der Waals surface area contributed by atoms with Gasteiger partial charge in [-0.15, -0.1) is 0 Å². The van der Waals surface area contributed by atoms with E-state index in [9.17, 15) is 9.59 Å². The minimum Gasteiger partial charge on any atom is -0.497 e. The van der Waals surface area contributed by atoms with E-state index in [1.165, 1.54) is 7.11 Å². The largest absolute Gasteiger partial charge is 0.497 e. The Bertz CT molecular complexity index is 1090. The lowest BCUT2D eigenvalue weighted by molar-refractivity contribution is -0.142. The molecule has 0 aliphatic rings. The Morgan fingerprint density at radius 1 is 1.00 bits per heavy atom. The van der Waals surface area contributed by atoms with Crippen molar-refractivity contribution >= 4 is 34.4 Å². The number of rotatable bonds is 8. The lowest BCUT2D eigenvalue weighted by atomic mass is 10.0. The number of methoxy groups -OCH3 is 2. The SMILES string of the molecule is COC(=O)[C@@H](Nc1nc(CNC(=O)Nc2ccc(OC)cc2)nc2ccccc12)C(C)C. The fourth-order valence-electron chi connectivity index (χ4n) is 3.09. The van der Waals surface area contributed by atoms with Crippen molar-refractivity contribution in [2.24, 2.45) is 5.92 Å². The quantitative estimate of drug-likeness (QED) is 0.462. The third-order valence-electron chi connectivity index (χ3n) is 4.82. The number of ether oxygens (including phenoxy) is 2. The number of urea groups is 1. The molecule has 0 aliphatic carbocycles. The predicted molar refractivity (Wildman–Crippen MR) is 123 cm³/mol. The third-order valence-corrected chi connectivity index (χ3v) is 4.82. The van der Waals surface area contributed by atoms with E-state index < -0.39 is 12.1 Å². The second kappa shape index (κ2) is 10.4. The van der Waals surface area contributed by atoms with Crippen molar-refractivity contribution in [1.29, 1.82) is 0 Å². The minimum absolute atomic E-state index is 0.0203. The van der Waals surface area contributed by atoms with Crippen molar-refractivity contribution < 1.29 is 19.1 Å². The highest BCUT2D eigenvalue weighted by Gasteiger charge is 2.24. The predicted octanol–water partition coefficient (Wildman–Crippen LogP) is 3.57. The molecule has 1 atom stereocenters. The van der Waals surface area contributed by atoms with Gasteiger partial charge in [-0.25, -0.2) is 19.6 Å². The van der Waals surface area contributed by atoms with Crippen LogP contribution >= 0.6 is 0 Å². The number of hydrogen-bond donors (Lipinski definition) is 3. The number of amides is 2. The number of carbonyl (C=O) groups excluding carboxylic acids is 2. The van der Waals surface area contributed by atoms with Crippen LogP contribution in [0.2, 0.25) is 0 Å². The molecular weight excluding hydrogens is 410 g/mol. The van der Waals surface area contributed by atoms with Crippen LogP contribution in [0.3, 0.4) is 0 Å². The summed E-state index contributed by atoms with van der Waals surface area (Å²) in [5.41, 5.74) is 1.33. The van der Waals surface area contributed by atoms with Gasteiger partial charge >= 0.3 is 12.0 Å². The molecule has 2 aromatic carbocycles. The van der Waals surface area contributed by atoms with E-state index in [1.54, 1.807) is 31.4 Å². The molecule has 0 fully saturated rings. The Morgan fingerprint density at radius 3 is 2.38 bits per heavy atom. The Labute approximate surface area is 186 Å². The van der Waals surface area contributed by atoms with Gasteiger partial charge in [-0.05, 0) is 42.3 Å². The molecule has 32 heavy (non-hydrogen) atoms. The third kappa shape index (κ3) is 5.63. The number of nitrogens with one attached hydrogen (secondary N) is 3. The fraction of sp³-hybridized carbons (Fsp3) is 0.304.